The van der Waals surface area contributed by atoms with Gasteiger partial charge >= 0.3 is 0 Å². The minimum Gasteiger partial charge on any atom is -0.311 e. The number of hydrogen-bond acceptors (Lipinski definition) is 5. The fourth-order valence-corrected chi connectivity index (χ4v) is 5.54. The molecule has 3 heterocycles. The molecule has 130 valence electrons. The van der Waals surface area contributed by atoms with Gasteiger partial charge in [-0.3, -0.25) is 9.48 Å². The Morgan fingerprint density at radius 2 is 2.25 bits per heavy atom. The highest BCUT2D eigenvalue weighted by Gasteiger charge is 2.34. The predicted octanol–water partition coefficient (Wildman–Crippen LogP) is 1.83. The molecule has 1 saturated heterocycles. The zero-order valence-electron chi connectivity index (χ0n) is 13.6. The second-order valence-corrected chi connectivity index (χ2v) is 9.03. The lowest BCUT2D eigenvalue weighted by Crippen LogP contribution is -2.43. The van der Waals surface area contributed by atoms with Crippen molar-refractivity contribution in [3.63, 3.8) is 0 Å². The third kappa shape index (κ3) is 3.38. The Morgan fingerprint density at radius 1 is 1.46 bits per heavy atom. The summed E-state index contributed by atoms with van der Waals surface area (Å²) in [6.07, 6.45) is 1.35. The van der Waals surface area contributed by atoms with Crippen molar-refractivity contribution >= 4 is 33.1 Å². The lowest BCUT2D eigenvalue weighted by Gasteiger charge is -2.30. The molecule has 1 aliphatic rings. The molecular weight excluding hydrogens is 348 g/mol. The number of thiophene rings is 1. The van der Waals surface area contributed by atoms with E-state index in [4.69, 9.17) is 0 Å². The van der Waals surface area contributed by atoms with Gasteiger partial charge in [-0.05, 0) is 31.2 Å². The van der Waals surface area contributed by atoms with Crippen molar-refractivity contribution in [1.29, 1.82) is 0 Å². The van der Waals surface area contributed by atoms with Gasteiger partial charge in [0.15, 0.2) is 0 Å². The molecule has 2 aromatic heterocycles. The van der Waals surface area contributed by atoms with Crippen molar-refractivity contribution in [2.75, 3.05) is 18.4 Å². The summed E-state index contributed by atoms with van der Waals surface area (Å²) in [5.41, 5.74) is 0.818. The van der Waals surface area contributed by atoms with Gasteiger partial charge in [0.2, 0.25) is 5.91 Å². The maximum absolute atomic E-state index is 12.6. The molecule has 0 unspecified atom stereocenters. The third-order valence-corrected chi connectivity index (χ3v) is 7.34. The van der Waals surface area contributed by atoms with E-state index in [-0.39, 0.29) is 18.4 Å². The number of rotatable bonds is 4. The highest BCUT2D eigenvalue weighted by Crippen LogP contribution is 2.27. The summed E-state index contributed by atoms with van der Waals surface area (Å²) in [7, 11) is -1.75. The van der Waals surface area contributed by atoms with Crippen LogP contribution in [0.15, 0.2) is 27.8 Å². The fourth-order valence-electron chi connectivity index (χ4n) is 2.87. The third-order valence-electron chi connectivity index (χ3n) is 4.10. The van der Waals surface area contributed by atoms with E-state index in [1.54, 1.807) is 35.3 Å². The molecule has 0 aliphatic carbocycles. The van der Waals surface area contributed by atoms with Crippen molar-refractivity contribution in [2.45, 2.75) is 24.0 Å². The SMILES string of the molecule is Cc1cc(NC(=O)[C@@H]2CCCN(S(=O)(=O)c3cccs3)C2)n(C)n1. The normalized spacial score (nSPS) is 19.3. The van der Waals surface area contributed by atoms with Crippen LogP contribution in [0.1, 0.15) is 18.5 Å². The number of hydrogen-bond donors (Lipinski definition) is 1. The molecule has 1 atom stereocenters. The second kappa shape index (κ2) is 6.66. The van der Waals surface area contributed by atoms with Gasteiger partial charge in [-0.1, -0.05) is 6.07 Å². The first-order valence-corrected chi connectivity index (χ1v) is 10.0. The average molecular weight is 368 g/mol. The first-order chi connectivity index (χ1) is 11.4. The second-order valence-electron chi connectivity index (χ2n) is 5.92. The van der Waals surface area contributed by atoms with Crippen molar-refractivity contribution in [2.24, 2.45) is 13.0 Å². The number of carbonyl (C=O) groups excluding carboxylic acids is 1. The zero-order valence-corrected chi connectivity index (χ0v) is 15.2. The highest BCUT2D eigenvalue weighted by atomic mass is 32.2. The van der Waals surface area contributed by atoms with E-state index in [1.165, 1.54) is 15.6 Å². The molecule has 0 bridgehead atoms. The van der Waals surface area contributed by atoms with E-state index in [1.807, 2.05) is 6.92 Å². The van der Waals surface area contributed by atoms with Gasteiger partial charge in [-0.2, -0.15) is 9.40 Å². The highest BCUT2D eigenvalue weighted by molar-refractivity contribution is 7.91. The molecule has 24 heavy (non-hydrogen) atoms. The number of aryl methyl sites for hydroxylation is 2. The number of sulfonamides is 1. The van der Waals surface area contributed by atoms with Gasteiger partial charge in [0, 0.05) is 26.2 Å². The van der Waals surface area contributed by atoms with Crippen LogP contribution in [0.4, 0.5) is 5.82 Å². The number of nitrogens with one attached hydrogen (secondary N) is 1. The van der Waals surface area contributed by atoms with E-state index >= 15 is 0 Å². The molecule has 2 aromatic rings. The van der Waals surface area contributed by atoms with Crippen molar-refractivity contribution in [3.05, 3.63) is 29.3 Å². The van der Waals surface area contributed by atoms with Crippen LogP contribution >= 0.6 is 11.3 Å². The van der Waals surface area contributed by atoms with E-state index in [0.717, 1.165) is 5.69 Å². The largest absolute Gasteiger partial charge is 0.311 e. The Bertz CT molecular complexity index is 827. The van der Waals surface area contributed by atoms with Gasteiger partial charge in [0.1, 0.15) is 10.0 Å². The van der Waals surface area contributed by atoms with E-state index < -0.39 is 10.0 Å². The van der Waals surface area contributed by atoms with Crippen LogP contribution in [0.5, 0.6) is 0 Å². The molecule has 7 nitrogen and oxygen atoms in total. The molecular formula is C15H20N4O3S2. The predicted molar refractivity (Wildman–Crippen MR) is 92.4 cm³/mol. The maximum Gasteiger partial charge on any atom is 0.252 e. The molecule has 0 radical (unpaired) electrons. The quantitative estimate of drug-likeness (QED) is 0.892. The topological polar surface area (TPSA) is 84.3 Å². The number of nitrogens with zero attached hydrogens (tertiary/aromatic N) is 3. The number of anilines is 1. The molecule has 9 heteroatoms. The molecule has 1 aliphatic heterocycles. The van der Waals surface area contributed by atoms with Crippen LogP contribution in [-0.2, 0) is 21.9 Å². The number of carbonyl (C=O) groups is 1. The minimum atomic E-state index is -3.51. The summed E-state index contributed by atoms with van der Waals surface area (Å²) in [6, 6.07) is 5.11. The van der Waals surface area contributed by atoms with E-state index in [2.05, 4.69) is 10.4 Å². The van der Waals surface area contributed by atoms with Crippen LogP contribution < -0.4 is 5.32 Å². The molecule has 0 saturated carbocycles. The average Bonchev–Trinajstić information content (AvgIpc) is 3.18. The Morgan fingerprint density at radius 3 is 2.88 bits per heavy atom. The number of piperidine rings is 1. The summed E-state index contributed by atoms with van der Waals surface area (Å²) in [5, 5.41) is 8.79. The lowest BCUT2D eigenvalue weighted by atomic mass is 9.99. The standard InChI is InChI=1S/C15H20N4O3S2/c1-11-9-13(18(2)17-11)16-15(20)12-5-3-7-19(10-12)24(21,22)14-6-4-8-23-14/h4,6,8-9,12H,3,5,7,10H2,1-2H3,(H,16,20)/t12-/m1/s1. The van der Waals surface area contributed by atoms with Gasteiger partial charge in [0.25, 0.3) is 10.0 Å². The van der Waals surface area contributed by atoms with E-state index in [0.29, 0.717) is 29.4 Å². The monoisotopic (exact) mass is 368 g/mol. The van der Waals surface area contributed by atoms with Crippen molar-refractivity contribution in [1.82, 2.24) is 14.1 Å². The summed E-state index contributed by atoms with van der Waals surface area (Å²) < 4.78 is 28.6. The number of aromatic nitrogens is 2. The number of amides is 1. The van der Waals surface area contributed by atoms with Gasteiger partial charge < -0.3 is 5.32 Å². The molecule has 3 rings (SSSR count). The summed E-state index contributed by atoms with van der Waals surface area (Å²) >= 11 is 1.20. The first kappa shape index (κ1) is 17.1. The van der Waals surface area contributed by atoms with Gasteiger partial charge in [0.05, 0.1) is 11.6 Å². The van der Waals surface area contributed by atoms with Crippen LogP contribution in [-0.4, -0.2) is 41.5 Å². The molecule has 0 aromatic carbocycles. The molecule has 1 N–H and O–H groups in total. The van der Waals surface area contributed by atoms with E-state index in [9.17, 15) is 13.2 Å². The van der Waals surface area contributed by atoms with Crippen LogP contribution in [0, 0.1) is 12.8 Å². The summed E-state index contributed by atoms with van der Waals surface area (Å²) in [5.74, 6) is 0.100. The van der Waals surface area contributed by atoms with Crippen LogP contribution in [0.2, 0.25) is 0 Å². The molecule has 0 spiro atoms. The summed E-state index contributed by atoms with van der Waals surface area (Å²) in [4.78, 5) is 12.5. The lowest BCUT2D eigenvalue weighted by molar-refractivity contribution is -0.120. The molecule has 1 amide bonds. The van der Waals surface area contributed by atoms with Crippen molar-refractivity contribution in [3.8, 4) is 0 Å². The van der Waals surface area contributed by atoms with Crippen LogP contribution in [0.3, 0.4) is 0 Å². The van der Waals surface area contributed by atoms with Crippen molar-refractivity contribution < 1.29 is 13.2 Å². The van der Waals surface area contributed by atoms with Crippen LogP contribution in [0.25, 0.3) is 0 Å². The Hall–Kier alpha value is -1.71. The minimum absolute atomic E-state index is 0.163. The Kier molecular flexibility index (Phi) is 4.75. The first-order valence-electron chi connectivity index (χ1n) is 7.73. The molecule has 1 fully saturated rings. The smallest absolute Gasteiger partial charge is 0.252 e. The Labute approximate surface area is 145 Å². The maximum atomic E-state index is 12.6. The van der Waals surface area contributed by atoms with Gasteiger partial charge in [-0.25, -0.2) is 8.42 Å². The summed E-state index contributed by atoms with van der Waals surface area (Å²) in [6.45, 7) is 2.52. The zero-order chi connectivity index (χ0) is 17.3. The fraction of sp³-hybridized carbons (Fsp3) is 0.467. The van der Waals surface area contributed by atoms with Gasteiger partial charge in [-0.15, -0.1) is 11.3 Å². The Balaban J connectivity index is 1.71.